The monoisotopic (exact) mass is 343 g/mol. The Morgan fingerprint density at radius 1 is 1.17 bits per heavy atom. The third kappa shape index (κ3) is 3.56. The molecule has 0 aliphatic carbocycles. The minimum atomic E-state index is -0.530. The van der Waals surface area contributed by atoms with Crippen molar-refractivity contribution in [3.63, 3.8) is 0 Å². The second kappa shape index (κ2) is 7.44. The zero-order valence-electron chi connectivity index (χ0n) is 13.0. The minimum Gasteiger partial charge on any atom is -0.341 e. The standard InChI is InChI=1S/C17H17N3O3S/c21-17(19-11-4-5-12-19)15(13-7-2-1-3-8-13)24-16-14(20(22)23)9-6-10-18-16/h1-3,6-10,15H,4-5,11-12H2/t15-/m0/s1. The molecule has 7 heteroatoms. The Labute approximate surface area is 144 Å². The number of pyridine rings is 1. The lowest BCUT2D eigenvalue weighted by atomic mass is 10.1. The minimum absolute atomic E-state index is 0.0105. The maximum absolute atomic E-state index is 12.9. The van der Waals surface area contributed by atoms with Crippen LogP contribution in [0, 0.1) is 10.1 Å². The van der Waals surface area contributed by atoms with Crippen molar-refractivity contribution in [2.75, 3.05) is 13.1 Å². The van der Waals surface area contributed by atoms with Crippen LogP contribution in [0.5, 0.6) is 0 Å². The Bertz CT molecular complexity index is 733. The van der Waals surface area contributed by atoms with Gasteiger partial charge in [0, 0.05) is 25.4 Å². The number of nitrogens with zero attached hydrogens (tertiary/aromatic N) is 3. The van der Waals surface area contributed by atoms with Crippen molar-refractivity contribution >= 4 is 23.4 Å². The van der Waals surface area contributed by atoms with Gasteiger partial charge in [-0.2, -0.15) is 0 Å². The molecule has 1 atom stereocenters. The lowest BCUT2D eigenvalue weighted by molar-refractivity contribution is -0.388. The fraction of sp³-hybridized carbons (Fsp3) is 0.294. The van der Waals surface area contributed by atoms with Gasteiger partial charge in [-0.3, -0.25) is 14.9 Å². The molecule has 1 aromatic heterocycles. The molecule has 1 aliphatic rings. The van der Waals surface area contributed by atoms with E-state index < -0.39 is 10.2 Å². The summed E-state index contributed by atoms with van der Waals surface area (Å²) >= 11 is 1.15. The Hall–Kier alpha value is -2.41. The van der Waals surface area contributed by atoms with Crippen LogP contribution in [0.4, 0.5) is 5.69 Å². The lowest BCUT2D eigenvalue weighted by Crippen LogP contribution is -2.31. The SMILES string of the molecule is O=C([C@@H](Sc1ncccc1[N+](=O)[O-])c1ccccc1)N1CCCC1. The van der Waals surface area contributed by atoms with Gasteiger partial charge in [0.05, 0.1) is 4.92 Å². The van der Waals surface area contributed by atoms with Gasteiger partial charge in [0.2, 0.25) is 5.91 Å². The molecule has 1 fully saturated rings. The highest BCUT2D eigenvalue weighted by molar-refractivity contribution is 8.00. The van der Waals surface area contributed by atoms with Gasteiger partial charge in [-0.05, 0) is 24.5 Å². The third-order valence-electron chi connectivity index (χ3n) is 3.92. The predicted molar refractivity (Wildman–Crippen MR) is 91.7 cm³/mol. The summed E-state index contributed by atoms with van der Waals surface area (Å²) in [7, 11) is 0. The lowest BCUT2D eigenvalue weighted by Gasteiger charge is -2.22. The van der Waals surface area contributed by atoms with Gasteiger partial charge in [-0.15, -0.1) is 0 Å². The molecule has 6 nitrogen and oxygen atoms in total. The van der Waals surface area contributed by atoms with E-state index in [-0.39, 0.29) is 16.6 Å². The number of carbonyl (C=O) groups is 1. The number of thioether (sulfide) groups is 1. The number of amides is 1. The normalized spacial score (nSPS) is 15.2. The van der Waals surface area contributed by atoms with Crippen molar-refractivity contribution in [2.45, 2.75) is 23.1 Å². The molecule has 2 aromatic rings. The van der Waals surface area contributed by atoms with Crippen LogP contribution >= 0.6 is 11.8 Å². The van der Waals surface area contributed by atoms with Crippen molar-refractivity contribution < 1.29 is 9.72 Å². The summed E-state index contributed by atoms with van der Waals surface area (Å²) in [5.41, 5.74) is 0.761. The average molecular weight is 343 g/mol. The summed E-state index contributed by atoms with van der Waals surface area (Å²) in [6.45, 7) is 1.49. The number of likely N-dealkylation sites (tertiary alicyclic amines) is 1. The van der Waals surface area contributed by atoms with E-state index in [0.29, 0.717) is 0 Å². The first-order chi connectivity index (χ1) is 11.7. The van der Waals surface area contributed by atoms with Gasteiger partial charge in [0.1, 0.15) is 5.25 Å². The molecule has 0 unspecified atom stereocenters. The maximum atomic E-state index is 12.9. The topological polar surface area (TPSA) is 76.3 Å². The van der Waals surface area contributed by atoms with E-state index in [2.05, 4.69) is 4.98 Å². The fourth-order valence-electron chi connectivity index (χ4n) is 2.72. The summed E-state index contributed by atoms with van der Waals surface area (Å²) in [6.07, 6.45) is 3.51. The number of hydrogen-bond acceptors (Lipinski definition) is 5. The second-order valence-corrected chi connectivity index (χ2v) is 6.62. The van der Waals surface area contributed by atoms with Crippen LogP contribution in [-0.2, 0) is 4.79 Å². The Balaban J connectivity index is 1.93. The van der Waals surface area contributed by atoms with Gasteiger partial charge < -0.3 is 4.90 Å². The predicted octanol–water partition coefficient (Wildman–Crippen LogP) is 3.45. The molecule has 3 rings (SSSR count). The zero-order valence-corrected chi connectivity index (χ0v) is 13.8. The molecular weight excluding hydrogens is 326 g/mol. The van der Waals surface area contributed by atoms with Gasteiger partial charge in [-0.1, -0.05) is 42.1 Å². The summed E-state index contributed by atoms with van der Waals surface area (Å²) in [4.78, 5) is 29.7. The van der Waals surface area contributed by atoms with Crippen molar-refractivity contribution in [3.8, 4) is 0 Å². The molecule has 1 saturated heterocycles. The van der Waals surface area contributed by atoms with Crippen LogP contribution < -0.4 is 0 Å². The van der Waals surface area contributed by atoms with E-state index in [4.69, 9.17) is 0 Å². The van der Waals surface area contributed by atoms with E-state index in [1.807, 2.05) is 35.2 Å². The number of hydrogen-bond donors (Lipinski definition) is 0. The molecule has 2 heterocycles. The van der Waals surface area contributed by atoms with Crippen LogP contribution in [0.15, 0.2) is 53.7 Å². The fourth-order valence-corrected chi connectivity index (χ4v) is 3.87. The van der Waals surface area contributed by atoms with Crippen molar-refractivity contribution in [2.24, 2.45) is 0 Å². The first-order valence-corrected chi connectivity index (χ1v) is 8.64. The molecular formula is C17H17N3O3S. The van der Waals surface area contributed by atoms with Gasteiger partial charge in [0.15, 0.2) is 5.03 Å². The first-order valence-electron chi connectivity index (χ1n) is 7.76. The Kier molecular flexibility index (Phi) is 5.10. The third-order valence-corrected chi connectivity index (χ3v) is 5.17. The number of carbonyl (C=O) groups excluding carboxylic acids is 1. The maximum Gasteiger partial charge on any atom is 0.301 e. The smallest absolute Gasteiger partial charge is 0.301 e. The zero-order chi connectivity index (χ0) is 16.9. The van der Waals surface area contributed by atoms with Crippen molar-refractivity contribution in [1.29, 1.82) is 0 Å². The molecule has 0 N–H and O–H groups in total. The molecule has 124 valence electrons. The van der Waals surface area contributed by atoms with Crippen molar-refractivity contribution in [3.05, 3.63) is 64.3 Å². The summed E-state index contributed by atoms with van der Waals surface area (Å²) < 4.78 is 0. The van der Waals surface area contributed by atoms with E-state index >= 15 is 0 Å². The van der Waals surface area contributed by atoms with Crippen LogP contribution in [0.3, 0.4) is 0 Å². The summed E-state index contributed by atoms with van der Waals surface area (Å²) in [6, 6.07) is 12.3. The van der Waals surface area contributed by atoms with Crippen molar-refractivity contribution in [1.82, 2.24) is 9.88 Å². The van der Waals surface area contributed by atoms with E-state index in [9.17, 15) is 14.9 Å². The molecule has 0 spiro atoms. The average Bonchev–Trinajstić information content (AvgIpc) is 3.15. The Morgan fingerprint density at radius 3 is 2.54 bits per heavy atom. The summed E-state index contributed by atoms with van der Waals surface area (Å²) in [5, 5.41) is 11.0. The largest absolute Gasteiger partial charge is 0.341 e. The quantitative estimate of drug-likeness (QED) is 0.472. The highest BCUT2D eigenvalue weighted by atomic mass is 32.2. The van der Waals surface area contributed by atoms with E-state index in [0.717, 1.165) is 43.3 Å². The highest BCUT2D eigenvalue weighted by Gasteiger charge is 2.31. The molecule has 0 bridgehead atoms. The molecule has 0 saturated carbocycles. The summed E-state index contributed by atoms with van der Waals surface area (Å²) in [5.74, 6) is -0.0105. The Morgan fingerprint density at radius 2 is 1.88 bits per heavy atom. The number of nitro groups is 1. The second-order valence-electron chi connectivity index (χ2n) is 5.53. The van der Waals surface area contributed by atoms with Gasteiger partial charge in [-0.25, -0.2) is 4.98 Å². The van der Waals surface area contributed by atoms with E-state index in [1.54, 1.807) is 0 Å². The van der Waals surface area contributed by atoms with Crippen LogP contribution in [0.1, 0.15) is 23.7 Å². The van der Waals surface area contributed by atoms with Crippen LogP contribution in [-0.4, -0.2) is 33.8 Å². The number of aromatic nitrogens is 1. The van der Waals surface area contributed by atoms with E-state index in [1.165, 1.54) is 18.3 Å². The van der Waals surface area contributed by atoms with Crippen LogP contribution in [0.25, 0.3) is 0 Å². The van der Waals surface area contributed by atoms with Gasteiger partial charge in [0.25, 0.3) is 0 Å². The molecule has 1 aromatic carbocycles. The highest BCUT2D eigenvalue weighted by Crippen LogP contribution is 2.39. The van der Waals surface area contributed by atoms with Crippen LogP contribution in [0.2, 0.25) is 0 Å². The molecule has 24 heavy (non-hydrogen) atoms. The number of benzene rings is 1. The van der Waals surface area contributed by atoms with Gasteiger partial charge >= 0.3 is 5.69 Å². The number of rotatable bonds is 5. The molecule has 1 amide bonds. The first kappa shape index (κ1) is 16.4. The molecule has 1 aliphatic heterocycles. The molecule has 0 radical (unpaired) electrons.